The monoisotopic (exact) mass is 252 g/mol. The molecule has 3 N–H and O–H groups in total. The van der Waals surface area contributed by atoms with Crippen LogP contribution >= 0.6 is 0 Å². The van der Waals surface area contributed by atoms with E-state index < -0.39 is 11.6 Å². The van der Waals surface area contributed by atoms with Gasteiger partial charge in [-0.15, -0.1) is 0 Å². The number of nitrogens with one attached hydrogen (secondary N) is 1. The highest BCUT2D eigenvalue weighted by molar-refractivity contribution is 5.54. The van der Waals surface area contributed by atoms with Gasteiger partial charge in [0.15, 0.2) is 11.6 Å². The van der Waals surface area contributed by atoms with Gasteiger partial charge >= 0.3 is 0 Å². The summed E-state index contributed by atoms with van der Waals surface area (Å²) in [6.07, 6.45) is 0. The summed E-state index contributed by atoms with van der Waals surface area (Å²) in [4.78, 5) is 0. The molecule has 0 aliphatic heterocycles. The highest BCUT2D eigenvalue weighted by Crippen LogP contribution is 2.27. The van der Waals surface area contributed by atoms with Crippen molar-refractivity contribution in [3.05, 3.63) is 47.4 Å². The van der Waals surface area contributed by atoms with E-state index in [1.54, 1.807) is 26.0 Å². The van der Waals surface area contributed by atoms with Crippen molar-refractivity contribution in [2.75, 3.05) is 11.1 Å². The Morgan fingerprint density at radius 1 is 1.22 bits per heavy atom. The molecule has 1 atom stereocenters. The Balaban J connectivity index is 2.24. The topological polar surface area (TPSA) is 51.2 Å². The molecule has 3 nitrogen and oxygen atoms in total. The fourth-order valence-electron chi connectivity index (χ4n) is 1.70. The minimum atomic E-state index is -0.720. The van der Waals surface area contributed by atoms with Crippen LogP contribution in [-0.4, -0.2) is 0 Å². The molecular weight excluding hydrogens is 238 g/mol. The van der Waals surface area contributed by atoms with Gasteiger partial charge in [0, 0.05) is 5.69 Å². The number of nitrogen functional groups attached to an aromatic ring is 1. The molecule has 1 aromatic carbocycles. The lowest BCUT2D eigenvalue weighted by Crippen LogP contribution is -2.09. The van der Waals surface area contributed by atoms with E-state index in [-0.39, 0.29) is 17.4 Å². The van der Waals surface area contributed by atoms with Gasteiger partial charge in [-0.1, -0.05) is 0 Å². The minimum Gasteiger partial charge on any atom is -0.464 e. The van der Waals surface area contributed by atoms with Gasteiger partial charge < -0.3 is 15.5 Å². The average Bonchev–Trinajstić information content (AvgIpc) is 2.70. The fourth-order valence-corrected chi connectivity index (χ4v) is 1.70. The lowest BCUT2D eigenvalue weighted by molar-refractivity contribution is 0.465. The third-order valence-corrected chi connectivity index (χ3v) is 2.61. The van der Waals surface area contributed by atoms with Gasteiger partial charge in [0.25, 0.3) is 0 Å². The van der Waals surface area contributed by atoms with Crippen LogP contribution in [0.25, 0.3) is 0 Å². The molecule has 1 aromatic heterocycles. The second kappa shape index (κ2) is 4.68. The zero-order chi connectivity index (χ0) is 13.3. The summed E-state index contributed by atoms with van der Waals surface area (Å²) in [6.45, 7) is 3.56. The summed E-state index contributed by atoms with van der Waals surface area (Å²) < 4.78 is 32.5. The molecule has 0 saturated carbocycles. The molecule has 0 spiro atoms. The van der Waals surface area contributed by atoms with Crippen molar-refractivity contribution in [2.45, 2.75) is 19.9 Å². The van der Waals surface area contributed by atoms with Crippen molar-refractivity contribution in [1.82, 2.24) is 0 Å². The molecule has 5 heteroatoms. The first-order valence-electron chi connectivity index (χ1n) is 5.54. The van der Waals surface area contributed by atoms with Crippen LogP contribution in [0.1, 0.15) is 24.5 Å². The molecule has 1 heterocycles. The van der Waals surface area contributed by atoms with Crippen molar-refractivity contribution in [1.29, 1.82) is 0 Å². The quantitative estimate of drug-likeness (QED) is 0.820. The number of rotatable bonds is 3. The van der Waals surface area contributed by atoms with Gasteiger partial charge in [-0.05, 0) is 38.1 Å². The highest BCUT2D eigenvalue weighted by atomic mass is 19.1. The van der Waals surface area contributed by atoms with Crippen molar-refractivity contribution in [3.8, 4) is 0 Å². The number of halogens is 2. The van der Waals surface area contributed by atoms with Crippen LogP contribution in [-0.2, 0) is 0 Å². The van der Waals surface area contributed by atoms with E-state index in [0.717, 1.165) is 17.9 Å². The summed E-state index contributed by atoms with van der Waals surface area (Å²) >= 11 is 0. The number of nitrogens with two attached hydrogens (primary N) is 1. The third kappa shape index (κ3) is 2.45. The Kier molecular flexibility index (Phi) is 3.23. The van der Waals surface area contributed by atoms with E-state index in [1.165, 1.54) is 0 Å². The van der Waals surface area contributed by atoms with Gasteiger partial charge in [0.2, 0.25) is 0 Å². The Hall–Kier alpha value is -2.04. The number of hydrogen-bond acceptors (Lipinski definition) is 3. The average molecular weight is 252 g/mol. The van der Waals surface area contributed by atoms with Crippen molar-refractivity contribution in [3.63, 3.8) is 0 Å². The number of furan rings is 1. The van der Waals surface area contributed by atoms with Crippen molar-refractivity contribution in [2.24, 2.45) is 0 Å². The first kappa shape index (κ1) is 12.4. The summed E-state index contributed by atoms with van der Waals surface area (Å²) in [5.74, 6) is -0.0784. The number of aryl methyl sites for hydroxylation is 1. The number of benzene rings is 1. The second-order valence-corrected chi connectivity index (χ2v) is 4.17. The van der Waals surface area contributed by atoms with E-state index in [1.807, 2.05) is 0 Å². The maximum absolute atomic E-state index is 13.6. The van der Waals surface area contributed by atoms with Crippen LogP contribution < -0.4 is 11.1 Å². The molecule has 0 bridgehead atoms. The first-order chi connectivity index (χ1) is 8.47. The molecule has 0 amide bonds. The SMILES string of the molecule is Cc1ccc(C(C)Nc2c(F)cc(N)cc2F)o1. The minimum absolute atomic E-state index is 0.0528. The molecule has 2 aromatic rings. The summed E-state index contributed by atoms with van der Waals surface area (Å²) in [7, 11) is 0. The number of hydrogen-bond donors (Lipinski definition) is 2. The highest BCUT2D eigenvalue weighted by Gasteiger charge is 2.15. The van der Waals surface area contributed by atoms with Gasteiger partial charge in [-0.3, -0.25) is 0 Å². The Morgan fingerprint density at radius 2 is 1.83 bits per heavy atom. The second-order valence-electron chi connectivity index (χ2n) is 4.17. The van der Waals surface area contributed by atoms with Crippen LogP contribution in [0.2, 0.25) is 0 Å². The van der Waals surface area contributed by atoms with E-state index in [0.29, 0.717) is 5.76 Å². The molecular formula is C13H14F2N2O. The molecule has 0 saturated heterocycles. The molecule has 0 fully saturated rings. The normalized spacial score (nSPS) is 12.4. The molecule has 2 rings (SSSR count). The van der Waals surface area contributed by atoms with E-state index >= 15 is 0 Å². The smallest absolute Gasteiger partial charge is 0.151 e. The molecule has 0 aliphatic carbocycles. The summed E-state index contributed by atoms with van der Waals surface area (Å²) in [6, 6.07) is 5.37. The lowest BCUT2D eigenvalue weighted by atomic mass is 10.2. The zero-order valence-corrected chi connectivity index (χ0v) is 10.1. The van der Waals surface area contributed by atoms with E-state index in [2.05, 4.69) is 5.32 Å². The molecule has 1 unspecified atom stereocenters. The molecule has 0 radical (unpaired) electrons. The Labute approximate surface area is 104 Å². The van der Waals surface area contributed by atoms with Crippen LogP contribution in [0.15, 0.2) is 28.7 Å². The Morgan fingerprint density at radius 3 is 2.33 bits per heavy atom. The first-order valence-corrected chi connectivity index (χ1v) is 5.54. The number of anilines is 2. The van der Waals surface area contributed by atoms with E-state index in [4.69, 9.17) is 10.2 Å². The predicted octanol–water partition coefficient (Wildman–Crippen LogP) is 3.62. The standard InChI is InChI=1S/C13H14F2N2O/c1-7-3-4-12(18-7)8(2)17-13-10(14)5-9(16)6-11(13)15/h3-6,8,17H,16H2,1-2H3. The largest absolute Gasteiger partial charge is 0.464 e. The van der Waals surface area contributed by atoms with Gasteiger partial charge in [0.1, 0.15) is 17.2 Å². The fraction of sp³-hybridized carbons (Fsp3) is 0.231. The van der Waals surface area contributed by atoms with Crippen molar-refractivity contribution < 1.29 is 13.2 Å². The maximum atomic E-state index is 13.6. The molecule has 18 heavy (non-hydrogen) atoms. The van der Waals surface area contributed by atoms with Gasteiger partial charge in [-0.2, -0.15) is 0 Å². The lowest BCUT2D eigenvalue weighted by Gasteiger charge is -2.14. The Bertz CT molecular complexity index is 543. The van der Waals surface area contributed by atoms with E-state index in [9.17, 15) is 8.78 Å². The molecule has 0 aliphatic rings. The molecule has 96 valence electrons. The van der Waals surface area contributed by atoms with Crippen LogP contribution in [0.4, 0.5) is 20.2 Å². The predicted molar refractivity (Wildman–Crippen MR) is 66.3 cm³/mol. The van der Waals surface area contributed by atoms with Gasteiger partial charge in [-0.25, -0.2) is 8.78 Å². The summed E-state index contributed by atoms with van der Waals surface area (Å²) in [5, 5.41) is 2.74. The zero-order valence-electron chi connectivity index (χ0n) is 10.1. The third-order valence-electron chi connectivity index (χ3n) is 2.61. The van der Waals surface area contributed by atoms with Crippen LogP contribution in [0, 0.1) is 18.6 Å². The summed E-state index contributed by atoms with van der Waals surface area (Å²) in [5.41, 5.74) is 5.20. The van der Waals surface area contributed by atoms with Crippen LogP contribution in [0.3, 0.4) is 0 Å². The maximum Gasteiger partial charge on any atom is 0.151 e. The van der Waals surface area contributed by atoms with Crippen LogP contribution in [0.5, 0.6) is 0 Å². The van der Waals surface area contributed by atoms with Crippen molar-refractivity contribution >= 4 is 11.4 Å². The van der Waals surface area contributed by atoms with Gasteiger partial charge in [0.05, 0.1) is 6.04 Å².